The van der Waals surface area contributed by atoms with E-state index in [1.807, 2.05) is 0 Å². The van der Waals surface area contributed by atoms with Crippen LogP contribution in [0.25, 0.3) is 11.2 Å². The molecule has 5 N–H and O–H groups in total. The van der Waals surface area contributed by atoms with E-state index in [0.717, 1.165) is 5.56 Å². The van der Waals surface area contributed by atoms with E-state index in [-0.39, 0.29) is 17.9 Å². The van der Waals surface area contributed by atoms with Gasteiger partial charge in [0, 0.05) is 0 Å². The summed E-state index contributed by atoms with van der Waals surface area (Å²) in [6.45, 7) is 0. The van der Waals surface area contributed by atoms with Gasteiger partial charge in [-0.1, -0.05) is 12.1 Å². The number of imidazole rings is 1. The van der Waals surface area contributed by atoms with E-state index in [2.05, 4.69) is 20.3 Å². The molecule has 1 aliphatic rings. The van der Waals surface area contributed by atoms with Crippen molar-refractivity contribution in [3.63, 3.8) is 0 Å². The number of aliphatic carboxylic acids is 1. The lowest BCUT2D eigenvalue weighted by Crippen LogP contribution is -2.54. The number of methoxy groups -OCH3 is 2. The molecular formula is C21H24N6O7. The first-order valence-electron chi connectivity index (χ1n) is 10.3. The van der Waals surface area contributed by atoms with Crippen LogP contribution in [0, 0.1) is 0 Å². The minimum Gasteiger partial charge on any atom is -0.497 e. The van der Waals surface area contributed by atoms with Gasteiger partial charge in [-0.3, -0.25) is 9.36 Å². The zero-order valence-corrected chi connectivity index (χ0v) is 18.4. The number of nitrogens with two attached hydrogens (primary N) is 1. The SMILES string of the molecule is COc1ccc(CC(N)C(=O)NC2C(C(=O)O)OC(n3cnc4c(OC)ncnc43)C2O)cc1. The van der Waals surface area contributed by atoms with E-state index >= 15 is 0 Å². The van der Waals surface area contributed by atoms with Crippen molar-refractivity contribution in [1.29, 1.82) is 0 Å². The van der Waals surface area contributed by atoms with Gasteiger partial charge in [0.05, 0.1) is 32.6 Å². The Morgan fingerprint density at radius 3 is 2.59 bits per heavy atom. The Bertz CT molecular complexity index is 1180. The topological polar surface area (TPSA) is 184 Å². The van der Waals surface area contributed by atoms with Crippen molar-refractivity contribution in [2.75, 3.05) is 14.2 Å². The zero-order valence-electron chi connectivity index (χ0n) is 18.4. The molecule has 180 valence electrons. The molecule has 1 aromatic carbocycles. The number of rotatable bonds is 8. The number of hydrogen-bond acceptors (Lipinski definition) is 10. The molecule has 2 aromatic heterocycles. The van der Waals surface area contributed by atoms with Gasteiger partial charge in [-0.25, -0.2) is 14.8 Å². The molecule has 1 fully saturated rings. The molecule has 3 heterocycles. The first kappa shape index (κ1) is 23.4. The lowest BCUT2D eigenvalue weighted by Gasteiger charge is -2.22. The number of aliphatic hydroxyl groups excluding tert-OH is 1. The average Bonchev–Trinajstić information content (AvgIpc) is 3.40. The molecule has 5 atom stereocenters. The van der Waals surface area contributed by atoms with Crippen molar-refractivity contribution in [3.05, 3.63) is 42.5 Å². The molecule has 0 radical (unpaired) electrons. The first-order chi connectivity index (χ1) is 16.3. The molecule has 34 heavy (non-hydrogen) atoms. The number of aliphatic hydroxyl groups is 1. The second kappa shape index (κ2) is 9.59. The molecule has 1 amide bonds. The molecular weight excluding hydrogens is 448 g/mol. The smallest absolute Gasteiger partial charge is 0.335 e. The summed E-state index contributed by atoms with van der Waals surface area (Å²) in [6, 6.07) is 4.78. The van der Waals surface area contributed by atoms with Crippen LogP contribution in [0.5, 0.6) is 11.6 Å². The lowest BCUT2D eigenvalue weighted by molar-refractivity contribution is -0.152. The van der Waals surface area contributed by atoms with Crippen LogP contribution < -0.4 is 20.5 Å². The minimum atomic E-state index is -1.53. The summed E-state index contributed by atoms with van der Waals surface area (Å²) in [5.41, 5.74) is 7.40. The average molecular weight is 472 g/mol. The number of carbonyl (C=O) groups excluding carboxylic acids is 1. The minimum absolute atomic E-state index is 0.198. The van der Waals surface area contributed by atoms with Crippen molar-refractivity contribution in [2.45, 2.75) is 36.9 Å². The number of aromatic nitrogens is 4. The quantitative estimate of drug-likeness (QED) is 0.323. The molecule has 3 aromatic rings. The Morgan fingerprint density at radius 1 is 1.21 bits per heavy atom. The van der Waals surface area contributed by atoms with E-state index < -0.39 is 42.4 Å². The maximum atomic E-state index is 12.8. The van der Waals surface area contributed by atoms with Gasteiger partial charge in [0.2, 0.25) is 11.8 Å². The standard InChI is InChI=1S/C21H24N6O7/c1-32-11-5-3-10(4-6-11)7-12(22)18(29)26-13-15(28)20(34-16(13)21(30)31)27-9-25-14-17(27)23-8-24-19(14)33-2/h3-6,8-9,12-13,15-16,20,28H,7,22H2,1-2H3,(H,26,29)(H,30,31). The van der Waals surface area contributed by atoms with Crippen LogP contribution in [0.3, 0.4) is 0 Å². The van der Waals surface area contributed by atoms with Gasteiger partial charge < -0.3 is 35.5 Å². The van der Waals surface area contributed by atoms with E-state index in [4.69, 9.17) is 19.9 Å². The Hall–Kier alpha value is -3.81. The van der Waals surface area contributed by atoms with E-state index in [0.29, 0.717) is 11.3 Å². The normalized spacial score (nSPS) is 22.9. The van der Waals surface area contributed by atoms with Crippen LogP contribution in [-0.4, -0.2) is 80.1 Å². The summed E-state index contributed by atoms with van der Waals surface area (Å²) in [7, 11) is 2.97. The van der Waals surface area contributed by atoms with Crippen molar-refractivity contribution < 1.29 is 34.0 Å². The molecule has 0 spiro atoms. The second-order valence-electron chi connectivity index (χ2n) is 7.68. The Balaban J connectivity index is 1.52. The lowest BCUT2D eigenvalue weighted by atomic mass is 10.0. The van der Waals surface area contributed by atoms with Gasteiger partial charge in [-0.05, 0) is 24.1 Å². The number of carboxylic acids is 1. The number of fused-ring (bicyclic) bond motifs is 1. The van der Waals surface area contributed by atoms with Gasteiger partial charge in [0.1, 0.15) is 18.2 Å². The van der Waals surface area contributed by atoms with Gasteiger partial charge in [-0.15, -0.1) is 0 Å². The third-order valence-electron chi connectivity index (χ3n) is 5.57. The fourth-order valence-electron chi connectivity index (χ4n) is 3.82. The molecule has 0 saturated carbocycles. The second-order valence-corrected chi connectivity index (χ2v) is 7.68. The van der Waals surface area contributed by atoms with E-state index in [1.54, 1.807) is 31.4 Å². The summed E-state index contributed by atoms with van der Waals surface area (Å²) in [6.07, 6.45) is -1.38. The Morgan fingerprint density at radius 2 is 1.94 bits per heavy atom. The number of nitrogens with one attached hydrogen (secondary N) is 1. The van der Waals surface area contributed by atoms with Crippen LogP contribution in [0.15, 0.2) is 36.9 Å². The Labute approximate surface area is 193 Å². The van der Waals surface area contributed by atoms with Crippen LogP contribution in [0.1, 0.15) is 11.8 Å². The molecule has 13 heteroatoms. The number of nitrogens with zero attached hydrogens (tertiary/aromatic N) is 4. The Kier molecular flexibility index (Phi) is 6.58. The zero-order chi connectivity index (χ0) is 24.4. The summed E-state index contributed by atoms with van der Waals surface area (Å²) >= 11 is 0. The van der Waals surface area contributed by atoms with Crippen molar-refractivity contribution in [1.82, 2.24) is 24.8 Å². The predicted molar refractivity (Wildman–Crippen MR) is 116 cm³/mol. The van der Waals surface area contributed by atoms with Crippen LogP contribution in [-0.2, 0) is 20.7 Å². The summed E-state index contributed by atoms with van der Waals surface area (Å²) in [5.74, 6) is -1.11. The number of carbonyl (C=O) groups is 2. The van der Waals surface area contributed by atoms with E-state index in [9.17, 15) is 19.8 Å². The first-order valence-corrected chi connectivity index (χ1v) is 10.3. The van der Waals surface area contributed by atoms with Gasteiger partial charge in [0.25, 0.3) is 0 Å². The highest BCUT2D eigenvalue weighted by Crippen LogP contribution is 2.33. The monoisotopic (exact) mass is 472 g/mol. The summed E-state index contributed by atoms with van der Waals surface area (Å²) in [5, 5.41) is 23.1. The van der Waals surface area contributed by atoms with Crippen LogP contribution in [0.4, 0.5) is 0 Å². The molecule has 0 aliphatic carbocycles. The highest BCUT2D eigenvalue weighted by molar-refractivity contribution is 5.84. The molecule has 13 nitrogen and oxygen atoms in total. The predicted octanol–water partition coefficient (Wildman–Crippen LogP) is -0.759. The number of amides is 1. The number of carboxylic acid groups (broad SMARTS) is 1. The number of hydrogen-bond donors (Lipinski definition) is 4. The van der Waals surface area contributed by atoms with Crippen molar-refractivity contribution in [3.8, 4) is 11.6 Å². The molecule has 1 saturated heterocycles. The highest BCUT2D eigenvalue weighted by atomic mass is 16.6. The third kappa shape index (κ3) is 4.35. The van der Waals surface area contributed by atoms with Crippen LogP contribution in [0.2, 0.25) is 0 Å². The van der Waals surface area contributed by atoms with Gasteiger partial charge in [0.15, 0.2) is 23.5 Å². The molecule has 4 rings (SSSR count). The fourth-order valence-corrected chi connectivity index (χ4v) is 3.82. The molecule has 5 unspecified atom stereocenters. The summed E-state index contributed by atoms with van der Waals surface area (Å²) in [4.78, 5) is 36.8. The number of ether oxygens (including phenoxy) is 3. The van der Waals surface area contributed by atoms with Crippen molar-refractivity contribution >= 4 is 23.0 Å². The van der Waals surface area contributed by atoms with Gasteiger partial charge >= 0.3 is 5.97 Å². The van der Waals surface area contributed by atoms with E-state index in [1.165, 1.54) is 24.3 Å². The molecule has 1 aliphatic heterocycles. The molecule has 0 bridgehead atoms. The number of benzene rings is 1. The highest BCUT2D eigenvalue weighted by Gasteiger charge is 2.49. The van der Waals surface area contributed by atoms with Crippen molar-refractivity contribution in [2.24, 2.45) is 5.73 Å². The largest absolute Gasteiger partial charge is 0.497 e. The maximum Gasteiger partial charge on any atom is 0.335 e. The van der Waals surface area contributed by atoms with Gasteiger partial charge in [-0.2, -0.15) is 4.98 Å². The fraction of sp³-hybridized carbons (Fsp3) is 0.381. The van der Waals surface area contributed by atoms with Crippen LogP contribution >= 0.6 is 0 Å². The third-order valence-corrected chi connectivity index (χ3v) is 5.57. The summed E-state index contributed by atoms with van der Waals surface area (Å²) < 4.78 is 17.2. The maximum absolute atomic E-state index is 12.8.